The Balaban J connectivity index is 2.22. The quantitative estimate of drug-likeness (QED) is 0.944. The summed E-state index contributed by atoms with van der Waals surface area (Å²) in [6, 6.07) is 11.8. The van der Waals surface area contributed by atoms with Crippen molar-refractivity contribution in [3.8, 4) is 5.88 Å². The van der Waals surface area contributed by atoms with Crippen LogP contribution in [0.4, 0.5) is 0 Å². The third-order valence-electron chi connectivity index (χ3n) is 2.79. The number of methoxy groups -OCH3 is 1. The van der Waals surface area contributed by atoms with Crippen molar-refractivity contribution in [2.45, 2.75) is 12.5 Å². The molecule has 2 aromatic rings. The van der Waals surface area contributed by atoms with Crippen LogP contribution in [-0.4, -0.2) is 12.1 Å². The summed E-state index contributed by atoms with van der Waals surface area (Å²) >= 11 is 3.53. The first-order valence-electron chi connectivity index (χ1n) is 5.70. The largest absolute Gasteiger partial charge is 0.481 e. The fourth-order valence-corrected chi connectivity index (χ4v) is 2.31. The summed E-state index contributed by atoms with van der Waals surface area (Å²) in [5, 5.41) is 0. The highest BCUT2D eigenvalue weighted by Crippen LogP contribution is 2.26. The molecule has 0 saturated carbocycles. The molecular formula is C14H15BrN2O. The Bertz CT molecular complexity index is 531. The lowest BCUT2D eigenvalue weighted by molar-refractivity contribution is 0.388. The summed E-state index contributed by atoms with van der Waals surface area (Å²) in [7, 11) is 1.61. The van der Waals surface area contributed by atoms with E-state index in [4.69, 9.17) is 10.5 Å². The molecule has 1 heterocycles. The highest BCUT2D eigenvalue weighted by atomic mass is 79.9. The number of pyridine rings is 1. The van der Waals surface area contributed by atoms with Gasteiger partial charge in [-0.05, 0) is 24.1 Å². The average molecular weight is 307 g/mol. The highest BCUT2D eigenvalue weighted by Gasteiger charge is 2.14. The standard InChI is InChI=1S/C14H15BrN2O/c1-18-14-11(6-4-8-17-14)13(16)9-10-5-2-3-7-12(10)15/h2-8,13H,9,16H2,1H3. The Hall–Kier alpha value is -1.39. The van der Waals surface area contributed by atoms with E-state index in [0.717, 1.165) is 16.5 Å². The van der Waals surface area contributed by atoms with Gasteiger partial charge in [0, 0.05) is 22.3 Å². The normalized spacial score (nSPS) is 12.2. The molecule has 0 aliphatic heterocycles. The van der Waals surface area contributed by atoms with Gasteiger partial charge < -0.3 is 10.5 Å². The summed E-state index contributed by atoms with van der Waals surface area (Å²) in [6.07, 6.45) is 2.44. The summed E-state index contributed by atoms with van der Waals surface area (Å²) in [6.45, 7) is 0. The molecule has 4 heteroatoms. The number of nitrogens with two attached hydrogens (primary N) is 1. The van der Waals surface area contributed by atoms with E-state index in [2.05, 4.69) is 27.0 Å². The maximum atomic E-state index is 6.23. The second-order valence-corrected chi connectivity index (χ2v) is 4.86. The number of benzene rings is 1. The number of hydrogen-bond acceptors (Lipinski definition) is 3. The van der Waals surface area contributed by atoms with Crippen molar-refractivity contribution in [1.29, 1.82) is 0 Å². The van der Waals surface area contributed by atoms with Gasteiger partial charge in [-0.25, -0.2) is 4.98 Å². The average Bonchev–Trinajstić information content (AvgIpc) is 2.41. The minimum absolute atomic E-state index is 0.132. The van der Waals surface area contributed by atoms with Gasteiger partial charge in [-0.1, -0.05) is 40.2 Å². The van der Waals surface area contributed by atoms with Crippen LogP contribution < -0.4 is 10.5 Å². The fourth-order valence-electron chi connectivity index (χ4n) is 1.87. The molecule has 1 aromatic heterocycles. The predicted molar refractivity (Wildman–Crippen MR) is 75.6 cm³/mol. The van der Waals surface area contributed by atoms with Gasteiger partial charge in [0.25, 0.3) is 0 Å². The van der Waals surface area contributed by atoms with Crippen molar-refractivity contribution in [1.82, 2.24) is 4.98 Å². The molecule has 2 rings (SSSR count). The summed E-state index contributed by atoms with van der Waals surface area (Å²) in [5.74, 6) is 0.594. The Kier molecular flexibility index (Phi) is 4.33. The van der Waals surface area contributed by atoms with Gasteiger partial charge in [0.15, 0.2) is 0 Å². The SMILES string of the molecule is COc1ncccc1C(N)Cc1ccccc1Br. The van der Waals surface area contributed by atoms with E-state index in [0.29, 0.717) is 5.88 Å². The van der Waals surface area contributed by atoms with Crippen molar-refractivity contribution in [3.63, 3.8) is 0 Å². The molecule has 0 bridgehead atoms. The van der Waals surface area contributed by atoms with E-state index in [1.807, 2.05) is 30.3 Å². The zero-order valence-corrected chi connectivity index (χ0v) is 11.7. The zero-order chi connectivity index (χ0) is 13.0. The van der Waals surface area contributed by atoms with Crippen LogP contribution in [0, 0.1) is 0 Å². The Morgan fingerprint density at radius 1 is 1.28 bits per heavy atom. The molecule has 0 radical (unpaired) electrons. The lowest BCUT2D eigenvalue weighted by atomic mass is 10.0. The third kappa shape index (κ3) is 2.89. The van der Waals surface area contributed by atoms with Gasteiger partial charge >= 0.3 is 0 Å². The molecule has 1 unspecified atom stereocenters. The van der Waals surface area contributed by atoms with Crippen molar-refractivity contribution in [2.75, 3.05) is 7.11 Å². The topological polar surface area (TPSA) is 48.1 Å². The minimum atomic E-state index is -0.132. The molecule has 0 spiro atoms. The van der Waals surface area contributed by atoms with Crippen LogP contribution in [0.3, 0.4) is 0 Å². The van der Waals surface area contributed by atoms with Crippen LogP contribution in [0.25, 0.3) is 0 Å². The lowest BCUT2D eigenvalue weighted by Crippen LogP contribution is -2.15. The van der Waals surface area contributed by atoms with E-state index in [9.17, 15) is 0 Å². The van der Waals surface area contributed by atoms with Crippen molar-refractivity contribution < 1.29 is 4.74 Å². The molecule has 1 aromatic carbocycles. The number of hydrogen-bond donors (Lipinski definition) is 1. The van der Waals surface area contributed by atoms with Crippen LogP contribution >= 0.6 is 15.9 Å². The van der Waals surface area contributed by atoms with Gasteiger partial charge in [-0.3, -0.25) is 0 Å². The number of rotatable bonds is 4. The van der Waals surface area contributed by atoms with Crippen LogP contribution in [0.1, 0.15) is 17.2 Å². The van der Waals surface area contributed by atoms with Gasteiger partial charge in [0.05, 0.1) is 7.11 Å². The molecule has 1 atom stereocenters. The molecular weight excluding hydrogens is 292 g/mol. The number of nitrogens with zero attached hydrogens (tertiary/aromatic N) is 1. The molecule has 3 nitrogen and oxygen atoms in total. The Labute approximate surface area is 115 Å². The van der Waals surface area contributed by atoms with E-state index in [-0.39, 0.29) is 6.04 Å². The van der Waals surface area contributed by atoms with Crippen LogP contribution in [-0.2, 0) is 6.42 Å². The highest BCUT2D eigenvalue weighted by molar-refractivity contribution is 9.10. The van der Waals surface area contributed by atoms with Gasteiger partial charge in [0.1, 0.15) is 0 Å². The van der Waals surface area contributed by atoms with Crippen LogP contribution in [0.5, 0.6) is 5.88 Å². The number of ether oxygens (including phenoxy) is 1. The van der Waals surface area contributed by atoms with Gasteiger partial charge in [-0.15, -0.1) is 0 Å². The molecule has 0 aliphatic rings. The summed E-state index contributed by atoms with van der Waals surface area (Å²) in [4.78, 5) is 4.17. The van der Waals surface area contributed by atoms with Gasteiger partial charge in [-0.2, -0.15) is 0 Å². The minimum Gasteiger partial charge on any atom is -0.481 e. The molecule has 18 heavy (non-hydrogen) atoms. The fraction of sp³-hybridized carbons (Fsp3) is 0.214. The van der Waals surface area contributed by atoms with E-state index in [1.165, 1.54) is 5.56 Å². The van der Waals surface area contributed by atoms with E-state index < -0.39 is 0 Å². The molecule has 0 aliphatic carbocycles. The van der Waals surface area contributed by atoms with Gasteiger partial charge in [0.2, 0.25) is 5.88 Å². The summed E-state index contributed by atoms with van der Waals surface area (Å²) in [5.41, 5.74) is 8.33. The monoisotopic (exact) mass is 306 g/mol. The molecule has 0 fully saturated rings. The molecule has 0 saturated heterocycles. The van der Waals surface area contributed by atoms with Crippen molar-refractivity contribution in [3.05, 3.63) is 58.2 Å². The molecule has 2 N–H and O–H groups in total. The summed E-state index contributed by atoms with van der Waals surface area (Å²) < 4.78 is 6.30. The Morgan fingerprint density at radius 2 is 2.06 bits per heavy atom. The van der Waals surface area contributed by atoms with Crippen molar-refractivity contribution in [2.24, 2.45) is 5.73 Å². The molecule has 94 valence electrons. The van der Waals surface area contributed by atoms with Crippen molar-refractivity contribution >= 4 is 15.9 Å². The van der Waals surface area contributed by atoms with Crippen LogP contribution in [0.2, 0.25) is 0 Å². The van der Waals surface area contributed by atoms with E-state index >= 15 is 0 Å². The number of aromatic nitrogens is 1. The first kappa shape index (κ1) is 13.1. The second kappa shape index (κ2) is 5.98. The predicted octanol–water partition coefficient (Wildman–Crippen LogP) is 3.10. The molecule has 0 amide bonds. The zero-order valence-electron chi connectivity index (χ0n) is 10.1. The van der Waals surface area contributed by atoms with Crippen LogP contribution in [0.15, 0.2) is 47.1 Å². The first-order chi connectivity index (χ1) is 8.72. The second-order valence-electron chi connectivity index (χ2n) is 4.00. The number of halogens is 1. The third-order valence-corrected chi connectivity index (χ3v) is 3.56. The maximum Gasteiger partial charge on any atom is 0.217 e. The smallest absolute Gasteiger partial charge is 0.217 e. The maximum absolute atomic E-state index is 6.23. The van der Waals surface area contributed by atoms with E-state index in [1.54, 1.807) is 13.3 Å². The Morgan fingerprint density at radius 3 is 2.78 bits per heavy atom. The first-order valence-corrected chi connectivity index (χ1v) is 6.49. The lowest BCUT2D eigenvalue weighted by Gasteiger charge is -2.15.